The van der Waals surface area contributed by atoms with Crippen LogP contribution in [0.2, 0.25) is 5.02 Å². The fourth-order valence-corrected chi connectivity index (χ4v) is 3.94. The van der Waals surface area contributed by atoms with E-state index in [0.717, 1.165) is 17.7 Å². The summed E-state index contributed by atoms with van der Waals surface area (Å²) >= 11 is 6.42. The van der Waals surface area contributed by atoms with Gasteiger partial charge in [0, 0.05) is 0 Å². The molecule has 3 aromatic carbocycles. The molecule has 1 aliphatic heterocycles. The minimum atomic E-state index is -4.97. The van der Waals surface area contributed by atoms with Crippen molar-refractivity contribution in [2.45, 2.75) is 19.7 Å². The molecule has 11 heteroatoms. The highest BCUT2D eigenvalue weighted by Gasteiger charge is 2.47. The molecule has 0 aromatic heterocycles. The lowest BCUT2D eigenvalue weighted by Gasteiger charge is -2.15. The number of rotatable bonds is 8. The van der Waals surface area contributed by atoms with Crippen molar-refractivity contribution in [3.63, 3.8) is 0 Å². The maximum Gasteiger partial charge on any atom is 0.435 e. The van der Waals surface area contributed by atoms with Gasteiger partial charge < -0.3 is 14.6 Å². The smallest absolute Gasteiger partial charge is 0.435 e. The van der Waals surface area contributed by atoms with Crippen molar-refractivity contribution in [3.05, 3.63) is 94.0 Å². The minimum Gasteiger partial charge on any atom is -0.490 e. The summed E-state index contributed by atoms with van der Waals surface area (Å²) in [5, 5.41) is 13.3. The molecule has 0 saturated carbocycles. The quantitative estimate of drug-likeness (QED) is 0.333. The van der Waals surface area contributed by atoms with Crippen molar-refractivity contribution >= 4 is 41.0 Å². The molecule has 0 unspecified atom stereocenters. The zero-order chi connectivity index (χ0) is 27.4. The molecule has 1 N–H and O–H groups in total. The summed E-state index contributed by atoms with van der Waals surface area (Å²) in [5.41, 5.74) is -1.50. The number of alkyl halides is 3. The lowest BCUT2D eigenvalue weighted by atomic mass is 10.1. The fourth-order valence-electron chi connectivity index (χ4n) is 3.67. The van der Waals surface area contributed by atoms with Gasteiger partial charge in [-0.3, -0.25) is 4.79 Å². The molecule has 0 saturated heterocycles. The van der Waals surface area contributed by atoms with Crippen LogP contribution >= 0.6 is 11.6 Å². The van der Waals surface area contributed by atoms with Crippen LogP contribution in [0, 0.1) is 0 Å². The van der Waals surface area contributed by atoms with Crippen LogP contribution in [0.4, 0.5) is 18.9 Å². The molecule has 196 valence electrons. The second-order valence-corrected chi connectivity index (χ2v) is 8.42. The van der Waals surface area contributed by atoms with Gasteiger partial charge in [-0.05, 0) is 54.5 Å². The van der Waals surface area contributed by atoms with E-state index in [-0.39, 0.29) is 46.5 Å². The van der Waals surface area contributed by atoms with Gasteiger partial charge in [-0.15, -0.1) is 0 Å². The third-order valence-electron chi connectivity index (χ3n) is 5.35. The summed E-state index contributed by atoms with van der Waals surface area (Å²) in [7, 11) is 0. The molecule has 0 bridgehead atoms. The van der Waals surface area contributed by atoms with Crippen LogP contribution in [0.25, 0.3) is 6.08 Å². The standard InChI is InChI=1S/C27H20ClF3N2O5/c1-2-37-22-13-17(12-21(28)23(22)38-15-16-7-4-3-5-8-16)11-20-24(27(29,30)31)32-33(25(20)34)19-10-6-9-18(14-19)26(35)36/h3-14H,2,15H2,1H3,(H,35,36)/b20-11-. The van der Waals surface area contributed by atoms with Crippen molar-refractivity contribution in [2.75, 3.05) is 11.6 Å². The van der Waals surface area contributed by atoms with Crippen LogP contribution in [-0.4, -0.2) is 35.5 Å². The lowest BCUT2D eigenvalue weighted by Crippen LogP contribution is -2.25. The largest absolute Gasteiger partial charge is 0.490 e. The number of aromatic carboxylic acids is 1. The molecule has 0 aliphatic carbocycles. The van der Waals surface area contributed by atoms with Crippen molar-refractivity contribution in [2.24, 2.45) is 5.10 Å². The maximum absolute atomic E-state index is 13.9. The van der Waals surface area contributed by atoms with Crippen LogP contribution in [0.1, 0.15) is 28.4 Å². The first-order valence-corrected chi connectivity index (χ1v) is 11.6. The number of carboxylic acids is 1. The average Bonchev–Trinajstić information content (AvgIpc) is 3.20. The number of hydrazone groups is 1. The van der Waals surface area contributed by atoms with Crippen LogP contribution in [0.3, 0.4) is 0 Å². The van der Waals surface area contributed by atoms with Gasteiger partial charge in [-0.1, -0.05) is 48.0 Å². The number of carbonyl (C=O) groups is 2. The van der Waals surface area contributed by atoms with Crippen LogP contribution in [-0.2, 0) is 11.4 Å². The molecule has 38 heavy (non-hydrogen) atoms. The van der Waals surface area contributed by atoms with Crippen LogP contribution in [0.15, 0.2) is 77.4 Å². The molecule has 0 fully saturated rings. The van der Waals surface area contributed by atoms with Gasteiger partial charge in [0.05, 0.1) is 28.5 Å². The Morgan fingerprint density at radius 1 is 1.08 bits per heavy atom. The van der Waals surface area contributed by atoms with Crippen LogP contribution < -0.4 is 14.5 Å². The molecular formula is C27H20ClF3N2O5. The minimum absolute atomic E-state index is 0.0701. The second kappa shape index (κ2) is 11.0. The molecule has 0 radical (unpaired) electrons. The molecule has 1 amide bonds. The average molecular weight is 545 g/mol. The Kier molecular flexibility index (Phi) is 7.72. The van der Waals surface area contributed by atoms with Gasteiger partial charge >= 0.3 is 12.1 Å². The highest BCUT2D eigenvalue weighted by molar-refractivity contribution is 6.35. The van der Waals surface area contributed by atoms with Crippen molar-refractivity contribution in [3.8, 4) is 11.5 Å². The van der Waals surface area contributed by atoms with E-state index in [2.05, 4.69) is 5.10 Å². The van der Waals surface area contributed by atoms with Crippen molar-refractivity contribution in [1.82, 2.24) is 0 Å². The van der Waals surface area contributed by atoms with E-state index in [0.29, 0.717) is 5.01 Å². The first-order valence-electron chi connectivity index (χ1n) is 11.3. The van der Waals surface area contributed by atoms with Crippen molar-refractivity contribution in [1.29, 1.82) is 0 Å². The molecule has 0 spiro atoms. The number of amides is 1. The SMILES string of the molecule is CCOc1cc(/C=C2\C(=O)N(c3cccc(C(=O)O)c3)N=C2C(F)(F)F)cc(Cl)c1OCc1ccccc1. The van der Waals surface area contributed by atoms with Gasteiger partial charge in [-0.2, -0.15) is 23.3 Å². The first kappa shape index (κ1) is 26.7. The van der Waals surface area contributed by atoms with Crippen molar-refractivity contribution < 1.29 is 37.3 Å². The highest BCUT2D eigenvalue weighted by atomic mass is 35.5. The van der Waals surface area contributed by atoms with Gasteiger partial charge in [0.25, 0.3) is 5.91 Å². The van der Waals surface area contributed by atoms with E-state index in [1.54, 1.807) is 6.92 Å². The predicted octanol–water partition coefficient (Wildman–Crippen LogP) is 6.36. The summed E-state index contributed by atoms with van der Waals surface area (Å²) in [6.07, 6.45) is -3.96. The van der Waals surface area contributed by atoms with Gasteiger partial charge in [0.2, 0.25) is 0 Å². The molecule has 3 aromatic rings. The molecule has 7 nitrogen and oxygen atoms in total. The van der Waals surface area contributed by atoms with E-state index in [4.69, 9.17) is 21.1 Å². The maximum atomic E-state index is 13.9. The number of benzene rings is 3. The topological polar surface area (TPSA) is 88.4 Å². The molecule has 0 atom stereocenters. The third-order valence-corrected chi connectivity index (χ3v) is 5.63. The molecule has 4 rings (SSSR count). The zero-order valence-electron chi connectivity index (χ0n) is 19.8. The number of ether oxygens (including phenoxy) is 2. The normalized spacial score (nSPS) is 14.6. The summed E-state index contributed by atoms with van der Waals surface area (Å²) in [4.78, 5) is 24.4. The summed E-state index contributed by atoms with van der Waals surface area (Å²) in [5.74, 6) is -2.00. The van der Waals surface area contributed by atoms with E-state index in [9.17, 15) is 27.9 Å². The Balaban J connectivity index is 1.72. The van der Waals surface area contributed by atoms with Gasteiger partial charge in [0.15, 0.2) is 17.2 Å². The van der Waals surface area contributed by atoms with E-state index < -0.39 is 29.3 Å². The van der Waals surface area contributed by atoms with E-state index >= 15 is 0 Å². The van der Waals surface area contributed by atoms with Gasteiger partial charge in [0.1, 0.15) is 6.61 Å². The number of halogens is 4. The molecule has 1 aliphatic rings. The van der Waals surface area contributed by atoms with Gasteiger partial charge in [-0.25, -0.2) is 4.79 Å². The number of anilines is 1. The van der Waals surface area contributed by atoms with Crippen LogP contribution in [0.5, 0.6) is 11.5 Å². The number of hydrogen-bond acceptors (Lipinski definition) is 5. The zero-order valence-corrected chi connectivity index (χ0v) is 20.6. The van der Waals surface area contributed by atoms with E-state index in [1.807, 2.05) is 30.3 Å². The lowest BCUT2D eigenvalue weighted by molar-refractivity contribution is -0.114. The molecular weight excluding hydrogens is 525 g/mol. The number of hydrogen-bond donors (Lipinski definition) is 1. The fraction of sp³-hybridized carbons (Fsp3) is 0.148. The summed E-state index contributed by atoms with van der Waals surface area (Å²) in [6, 6.07) is 16.9. The number of carboxylic acid groups (broad SMARTS) is 1. The first-order chi connectivity index (χ1) is 18.1. The monoisotopic (exact) mass is 544 g/mol. The van der Waals surface area contributed by atoms with E-state index in [1.165, 1.54) is 30.3 Å². The Labute approximate surface area is 220 Å². The Bertz CT molecular complexity index is 1440. The highest BCUT2D eigenvalue weighted by Crippen LogP contribution is 2.39. The number of nitrogens with zero attached hydrogens (tertiary/aromatic N) is 2. The predicted molar refractivity (Wildman–Crippen MR) is 136 cm³/mol. The Morgan fingerprint density at radius 3 is 2.47 bits per heavy atom. The summed E-state index contributed by atoms with van der Waals surface area (Å²) in [6.45, 7) is 2.12. The number of carbonyl (C=O) groups excluding carboxylic acids is 1. The Morgan fingerprint density at radius 2 is 1.82 bits per heavy atom. The third kappa shape index (κ3) is 5.81. The summed E-state index contributed by atoms with van der Waals surface area (Å²) < 4.78 is 53.1. The molecule has 1 heterocycles. The Hall–Kier alpha value is -4.31. The second-order valence-electron chi connectivity index (χ2n) is 8.01.